The molecule has 2 aromatic heterocycles. The van der Waals surface area contributed by atoms with Crippen molar-refractivity contribution in [3.05, 3.63) is 58.0 Å². The predicted octanol–water partition coefficient (Wildman–Crippen LogP) is 3.88. The van der Waals surface area contributed by atoms with Gasteiger partial charge in [0.2, 0.25) is 17.5 Å². The molecule has 0 unspecified atom stereocenters. The number of furan rings is 1. The third-order valence-electron chi connectivity index (χ3n) is 5.29. The number of piperidine rings is 1. The van der Waals surface area contributed by atoms with Crippen LogP contribution < -0.4 is 10.2 Å². The number of nitro groups is 1. The van der Waals surface area contributed by atoms with Gasteiger partial charge in [-0.3, -0.25) is 14.9 Å². The van der Waals surface area contributed by atoms with E-state index in [1.165, 1.54) is 18.4 Å². The van der Waals surface area contributed by atoms with E-state index in [1.807, 2.05) is 11.0 Å². The van der Waals surface area contributed by atoms with Crippen LogP contribution in [0.15, 0.2) is 45.4 Å². The molecule has 0 bridgehead atoms. The molecule has 3 heterocycles. The maximum absolute atomic E-state index is 12.7. The highest BCUT2D eigenvalue weighted by Crippen LogP contribution is 2.32. The van der Waals surface area contributed by atoms with Crippen LogP contribution in [-0.2, 0) is 4.79 Å². The Hall–Kier alpha value is -4.13. The van der Waals surface area contributed by atoms with Crippen LogP contribution in [0.3, 0.4) is 0 Å². The first-order chi connectivity index (χ1) is 15.0. The summed E-state index contributed by atoms with van der Waals surface area (Å²) in [7, 11) is 0. The quantitative estimate of drug-likeness (QED) is 0.484. The number of carbonyl (C=O) groups is 1. The van der Waals surface area contributed by atoms with Gasteiger partial charge in [-0.1, -0.05) is 6.07 Å². The van der Waals surface area contributed by atoms with E-state index in [4.69, 9.17) is 8.83 Å². The number of anilines is 2. The molecule has 4 rings (SSSR count). The van der Waals surface area contributed by atoms with Gasteiger partial charge in [0.25, 0.3) is 11.6 Å². The van der Waals surface area contributed by atoms with Crippen LogP contribution in [0.1, 0.15) is 24.1 Å². The maximum Gasteiger partial charge on any atom is 0.271 e. The van der Waals surface area contributed by atoms with Gasteiger partial charge in [0.15, 0.2) is 5.76 Å². The number of hydrogen-bond acceptors (Lipinski definition) is 8. The third kappa shape index (κ3) is 4.11. The fourth-order valence-electron chi connectivity index (χ4n) is 3.54. The van der Waals surface area contributed by atoms with Crippen molar-refractivity contribution in [3.63, 3.8) is 0 Å². The number of hydrogen-bond donors (Lipinski definition) is 1. The monoisotopic (exact) mass is 421 g/mol. The molecule has 1 aromatic carbocycles. The Kier molecular flexibility index (Phi) is 5.41. The smallest absolute Gasteiger partial charge is 0.271 e. The van der Waals surface area contributed by atoms with Crippen molar-refractivity contribution in [2.45, 2.75) is 19.8 Å². The number of non-ortho nitro benzene ring substituents is 1. The number of rotatable bonds is 5. The van der Waals surface area contributed by atoms with Gasteiger partial charge < -0.3 is 19.1 Å². The molecule has 1 N–H and O–H groups in total. The molecule has 10 heteroatoms. The molecule has 1 saturated heterocycles. The number of oxazole rings is 1. The molecular weight excluding hydrogens is 402 g/mol. The van der Waals surface area contributed by atoms with Crippen LogP contribution in [-0.4, -0.2) is 28.9 Å². The molecule has 1 fully saturated rings. The average Bonchev–Trinajstić information content (AvgIpc) is 3.45. The van der Waals surface area contributed by atoms with Crippen LogP contribution >= 0.6 is 0 Å². The van der Waals surface area contributed by atoms with E-state index < -0.39 is 4.92 Å². The summed E-state index contributed by atoms with van der Waals surface area (Å²) in [6, 6.07) is 9.83. The van der Waals surface area contributed by atoms with Gasteiger partial charge in [0.05, 0.1) is 16.9 Å². The normalized spacial score (nSPS) is 14.3. The van der Waals surface area contributed by atoms with Gasteiger partial charge in [0, 0.05) is 31.1 Å². The second-order valence-electron chi connectivity index (χ2n) is 7.27. The summed E-state index contributed by atoms with van der Waals surface area (Å²) in [6.45, 7) is 2.80. The minimum Gasteiger partial charge on any atom is -0.459 e. The zero-order chi connectivity index (χ0) is 22.0. The Morgan fingerprint density at radius 2 is 2.13 bits per heavy atom. The van der Waals surface area contributed by atoms with Gasteiger partial charge in [-0.2, -0.15) is 10.2 Å². The Bertz CT molecular complexity index is 1150. The summed E-state index contributed by atoms with van der Waals surface area (Å²) in [6.07, 6.45) is 2.58. The zero-order valence-corrected chi connectivity index (χ0v) is 16.7. The van der Waals surface area contributed by atoms with Crippen molar-refractivity contribution in [1.82, 2.24) is 4.98 Å². The second kappa shape index (κ2) is 8.31. The van der Waals surface area contributed by atoms with E-state index in [-0.39, 0.29) is 29.1 Å². The standard InChI is InChI=1S/C21H19N5O5/c1-13-4-5-15(26(28)29)11-16(13)23-19(27)14-6-8-25(9-7-14)21-17(12-22)24-20(31-21)18-3-2-10-30-18/h2-5,10-11,14H,6-9H2,1H3,(H,23,27). The van der Waals surface area contributed by atoms with Crippen molar-refractivity contribution in [3.8, 4) is 17.7 Å². The first kappa shape index (κ1) is 20.2. The molecule has 158 valence electrons. The van der Waals surface area contributed by atoms with Crippen LogP contribution in [0, 0.1) is 34.3 Å². The summed E-state index contributed by atoms with van der Waals surface area (Å²) in [4.78, 5) is 29.3. The maximum atomic E-state index is 12.7. The number of aromatic nitrogens is 1. The Morgan fingerprint density at radius 3 is 2.77 bits per heavy atom. The number of nitro benzene ring substituents is 1. The van der Waals surface area contributed by atoms with E-state index in [2.05, 4.69) is 10.3 Å². The Labute approximate surface area is 177 Å². The lowest BCUT2D eigenvalue weighted by Gasteiger charge is -2.31. The van der Waals surface area contributed by atoms with Gasteiger partial charge in [0.1, 0.15) is 6.07 Å². The number of carbonyl (C=O) groups excluding carboxylic acids is 1. The number of nitrogens with one attached hydrogen (secondary N) is 1. The van der Waals surface area contributed by atoms with Crippen molar-refractivity contribution in [2.75, 3.05) is 23.3 Å². The van der Waals surface area contributed by atoms with Gasteiger partial charge in [-0.05, 0) is 37.5 Å². The number of nitrogens with zero attached hydrogens (tertiary/aromatic N) is 4. The van der Waals surface area contributed by atoms with Gasteiger partial charge in [-0.15, -0.1) is 0 Å². The molecule has 0 spiro atoms. The lowest BCUT2D eigenvalue weighted by atomic mass is 9.95. The predicted molar refractivity (Wildman–Crippen MR) is 110 cm³/mol. The summed E-state index contributed by atoms with van der Waals surface area (Å²) in [5.74, 6) is 0.592. The largest absolute Gasteiger partial charge is 0.459 e. The summed E-state index contributed by atoms with van der Waals surface area (Å²) in [5, 5.41) is 23.2. The molecule has 0 saturated carbocycles. The molecule has 31 heavy (non-hydrogen) atoms. The highest BCUT2D eigenvalue weighted by molar-refractivity contribution is 5.93. The Morgan fingerprint density at radius 1 is 1.35 bits per heavy atom. The van der Waals surface area contributed by atoms with E-state index in [1.54, 1.807) is 25.1 Å². The Balaban J connectivity index is 1.42. The topological polar surface area (TPSA) is 138 Å². The summed E-state index contributed by atoms with van der Waals surface area (Å²) < 4.78 is 11.0. The lowest BCUT2D eigenvalue weighted by molar-refractivity contribution is -0.384. The van der Waals surface area contributed by atoms with Gasteiger partial charge >= 0.3 is 0 Å². The minimum absolute atomic E-state index is 0.0718. The number of aryl methyl sites for hydroxylation is 1. The second-order valence-corrected chi connectivity index (χ2v) is 7.27. The van der Waals surface area contributed by atoms with Gasteiger partial charge in [-0.25, -0.2) is 0 Å². The third-order valence-corrected chi connectivity index (χ3v) is 5.29. The fraction of sp³-hybridized carbons (Fsp3) is 0.286. The summed E-state index contributed by atoms with van der Waals surface area (Å²) >= 11 is 0. The molecular formula is C21H19N5O5. The SMILES string of the molecule is Cc1ccc([N+](=O)[O-])cc1NC(=O)C1CCN(c2oc(-c3ccco3)nc2C#N)CC1. The van der Waals surface area contributed by atoms with Crippen molar-refractivity contribution in [2.24, 2.45) is 5.92 Å². The van der Waals surface area contributed by atoms with Crippen molar-refractivity contribution >= 4 is 23.2 Å². The molecule has 10 nitrogen and oxygen atoms in total. The highest BCUT2D eigenvalue weighted by Gasteiger charge is 2.29. The lowest BCUT2D eigenvalue weighted by Crippen LogP contribution is -2.38. The molecule has 1 aliphatic heterocycles. The summed E-state index contributed by atoms with van der Waals surface area (Å²) in [5.41, 5.74) is 1.29. The van der Waals surface area contributed by atoms with Crippen LogP contribution in [0.4, 0.5) is 17.3 Å². The van der Waals surface area contributed by atoms with E-state index in [0.29, 0.717) is 43.3 Å². The van der Waals surface area contributed by atoms with Crippen molar-refractivity contribution in [1.29, 1.82) is 5.26 Å². The zero-order valence-electron chi connectivity index (χ0n) is 16.7. The average molecular weight is 421 g/mol. The minimum atomic E-state index is -0.491. The van der Waals surface area contributed by atoms with E-state index in [0.717, 1.165) is 5.56 Å². The molecule has 0 atom stereocenters. The number of nitriles is 1. The first-order valence-electron chi connectivity index (χ1n) is 9.72. The van der Waals surface area contributed by atoms with Crippen LogP contribution in [0.2, 0.25) is 0 Å². The molecule has 3 aromatic rings. The van der Waals surface area contributed by atoms with Crippen LogP contribution in [0.25, 0.3) is 11.7 Å². The molecule has 1 aliphatic rings. The van der Waals surface area contributed by atoms with E-state index >= 15 is 0 Å². The van der Waals surface area contributed by atoms with E-state index in [9.17, 15) is 20.2 Å². The first-order valence-corrected chi connectivity index (χ1v) is 9.72. The molecule has 1 amide bonds. The van der Waals surface area contributed by atoms with Crippen LogP contribution in [0.5, 0.6) is 0 Å². The fourth-order valence-corrected chi connectivity index (χ4v) is 3.54. The molecule has 0 radical (unpaired) electrons. The molecule has 0 aliphatic carbocycles. The number of amides is 1. The highest BCUT2D eigenvalue weighted by atomic mass is 16.6. The number of benzene rings is 1. The van der Waals surface area contributed by atoms with Crippen molar-refractivity contribution < 1.29 is 18.6 Å².